The highest BCUT2D eigenvalue weighted by Gasteiger charge is 2.29. The first-order valence-corrected chi connectivity index (χ1v) is 8.60. The maximum Gasteiger partial charge on any atom is 0.198 e. The van der Waals surface area contributed by atoms with Crippen LogP contribution in [0, 0.1) is 11.3 Å². The second-order valence-corrected chi connectivity index (χ2v) is 8.27. The molecule has 1 unspecified atom stereocenters. The van der Waals surface area contributed by atoms with Crippen LogP contribution < -0.4 is 0 Å². The van der Waals surface area contributed by atoms with E-state index in [4.69, 9.17) is 0 Å². The Kier molecular flexibility index (Phi) is 4.39. The van der Waals surface area contributed by atoms with Crippen molar-refractivity contribution in [1.29, 1.82) is 5.26 Å². The Morgan fingerprint density at radius 2 is 1.50 bits per heavy atom. The molecule has 114 valence electrons. The van der Waals surface area contributed by atoms with Crippen LogP contribution >= 0.6 is 0 Å². The van der Waals surface area contributed by atoms with Gasteiger partial charge in [0.25, 0.3) is 0 Å². The number of nitriles is 1. The highest BCUT2D eigenvalue weighted by Crippen LogP contribution is 2.30. The van der Waals surface area contributed by atoms with Crippen LogP contribution in [0.2, 0.25) is 0 Å². The van der Waals surface area contributed by atoms with Crippen LogP contribution in [-0.4, -0.2) is 8.42 Å². The Morgan fingerprint density at radius 3 is 1.95 bits per heavy atom. The molecule has 2 aromatic rings. The van der Waals surface area contributed by atoms with Gasteiger partial charge >= 0.3 is 0 Å². The molecule has 1 atom stereocenters. The normalized spacial score (nSPS) is 13.4. The molecule has 0 saturated carbocycles. The Hall–Kier alpha value is -2.12. The fourth-order valence-corrected chi connectivity index (χ4v) is 3.69. The molecule has 0 aliphatic heterocycles. The van der Waals surface area contributed by atoms with Crippen LogP contribution in [0.4, 0.5) is 0 Å². The van der Waals surface area contributed by atoms with E-state index in [0.717, 1.165) is 5.56 Å². The van der Waals surface area contributed by atoms with Crippen molar-refractivity contribution in [3.8, 4) is 6.07 Å². The first-order valence-electron chi connectivity index (χ1n) is 7.06. The van der Waals surface area contributed by atoms with E-state index in [1.165, 1.54) is 12.1 Å². The van der Waals surface area contributed by atoms with Crippen molar-refractivity contribution in [1.82, 2.24) is 0 Å². The molecule has 0 radical (unpaired) electrons. The van der Waals surface area contributed by atoms with E-state index in [1.807, 2.05) is 18.2 Å². The predicted molar refractivity (Wildman–Crippen MR) is 87.1 cm³/mol. The lowest BCUT2D eigenvalue weighted by Gasteiger charge is -2.20. The molecule has 0 saturated heterocycles. The second-order valence-electron chi connectivity index (χ2n) is 6.24. The summed E-state index contributed by atoms with van der Waals surface area (Å²) in [5.41, 5.74) is 1.59. The van der Waals surface area contributed by atoms with E-state index in [9.17, 15) is 13.7 Å². The molecule has 2 aromatic carbocycles. The Labute approximate surface area is 132 Å². The summed E-state index contributed by atoms with van der Waals surface area (Å²) in [6, 6.07) is 17.3. The molecule has 0 amide bonds. The van der Waals surface area contributed by atoms with Gasteiger partial charge in [-0.2, -0.15) is 5.26 Å². The lowest BCUT2D eigenvalue weighted by atomic mass is 9.86. The number of rotatable bonds is 3. The molecular formula is C18H19NO2S. The molecule has 0 aliphatic carbocycles. The third-order valence-corrected chi connectivity index (χ3v) is 5.51. The first kappa shape index (κ1) is 16.3. The minimum atomic E-state index is -3.71. The summed E-state index contributed by atoms with van der Waals surface area (Å²) in [5, 5.41) is 8.19. The van der Waals surface area contributed by atoms with Gasteiger partial charge in [-0.1, -0.05) is 63.2 Å². The highest BCUT2D eigenvalue weighted by atomic mass is 32.2. The monoisotopic (exact) mass is 313 g/mol. The number of hydrogen-bond acceptors (Lipinski definition) is 3. The van der Waals surface area contributed by atoms with Crippen LogP contribution in [0.15, 0.2) is 59.5 Å². The van der Waals surface area contributed by atoms with Crippen LogP contribution in [0.3, 0.4) is 0 Å². The van der Waals surface area contributed by atoms with E-state index in [0.29, 0.717) is 5.56 Å². The van der Waals surface area contributed by atoms with Crippen LogP contribution in [0.25, 0.3) is 0 Å². The first-order chi connectivity index (χ1) is 10.3. The summed E-state index contributed by atoms with van der Waals surface area (Å²) in [4.78, 5) is 0.168. The molecule has 0 aliphatic rings. The maximum absolute atomic E-state index is 12.6. The summed E-state index contributed by atoms with van der Waals surface area (Å²) in [5.74, 6) is 0. The zero-order valence-corrected chi connectivity index (χ0v) is 13.8. The summed E-state index contributed by atoms with van der Waals surface area (Å²) in [6.07, 6.45) is 0. The standard InChI is InChI=1S/C18H19NO2S/c1-18(2,3)15-11-9-14(10-12-15)17(13-19)22(20,21)16-7-5-4-6-8-16/h4-12,17H,1-3H3. The second kappa shape index (κ2) is 5.94. The number of hydrogen-bond donors (Lipinski definition) is 0. The van der Waals surface area contributed by atoms with Gasteiger partial charge in [0.1, 0.15) is 0 Å². The van der Waals surface area contributed by atoms with Crippen molar-refractivity contribution >= 4 is 9.84 Å². The van der Waals surface area contributed by atoms with Crippen molar-refractivity contribution < 1.29 is 8.42 Å². The van der Waals surface area contributed by atoms with Crippen LogP contribution in [-0.2, 0) is 15.3 Å². The van der Waals surface area contributed by atoms with Crippen LogP contribution in [0.5, 0.6) is 0 Å². The van der Waals surface area contributed by atoms with Gasteiger partial charge in [0.2, 0.25) is 0 Å². The Bertz CT molecular complexity index is 780. The third-order valence-electron chi connectivity index (χ3n) is 3.58. The van der Waals surface area contributed by atoms with Gasteiger partial charge in [-0.05, 0) is 28.7 Å². The molecule has 0 spiro atoms. The molecule has 2 rings (SSSR count). The summed E-state index contributed by atoms with van der Waals surface area (Å²) < 4.78 is 25.2. The summed E-state index contributed by atoms with van der Waals surface area (Å²) in [6.45, 7) is 6.26. The minimum Gasteiger partial charge on any atom is -0.222 e. The summed E-state index contributed by atoms with van der Waals surface area (Å²) in [7, 11) is -3.71. The van der Waals surface area contributed by atoms with Crippen molar-refractivity contribution in [2.45, 2.75) is 36.3 Å². The molecule has 0 fully saturated rings. The van der Waals surface area contributed by atoms with Gasteiger partial charge in [0.15, 0.2) is 15.1 Å². The van der Waals surface area contributed by atoms with Gasteiger partial charge in [0, 0.05) is 0 Å². The highest BCUT2D eigenvalue weighted by molar-refractivity contribution is 7.92. The van der Waals surface area contributed by atoms with Crippen molar-refractivity contribution in [2.75, 3.05) is 0 Å². The van der Waals surface area contributed by atoms with Gasteiger partial charge < -0.3 is 0 Å². The van der Waals surface area contributed by atoms with Gasteiger partial charge in [-0.25, -0.2) is 8.42 Å². The minimum absolute atomic E-state index is 0.0149. The van der Waals surface area contributed by atoms with Crippen molar-refractivity contribution in [3.63, 3.8) is 0 Å². The molecule has 0 heterocycles. The van der Waals surface area contributed by atoms with Crippen LogP contribution in [0.1, 0.15) is 37.1 Å². The maximum atomic E-state index is 12.6. The molecule has 22 heavy (non-hydrogen) atoms. The van der Waals surface area contributed by atoms with E-state index in [-0.39, 0.29) is 10.3 Å². The number of sulfone groups is 1. The molecule has 3 nitrogen and oxygen atoms in total. The topological polar surface area (TPSA) is 57.9 Å². The van der Waals surface area contributed by atoms with Crippen molar-refractivity contribution in [2.24, 2.45) is 0 Å². The molecule has 0 aromatic heterocycles. The average molecular weight is 313 g/mol. The van der Waals surface area contributed by atoms with Gasteiger partial charge in [0.05, 0.1) is 11.0 Å². The summed E-state index contributed by atoms with van der Waals surface area (Å²) >= 11 is 0. The quantitative estimate of drug-likeness (QED) is 0.860. The van der Waals surface area contributed by atoms with E-state index >= 15 is 0 Å². The van der Waals surface area contributed by atoms with E-state index in [1.54, 1.807) is 30.3 Å². The number of benzene rings is 2. The smallest absolute Gasteiger partial charge is 0.198 e. The Balaban J connectivity index is 2.44. The van der Waals surface area contributed by atoms with Gasteiger partial charge in [-0.3, -0.25) is 0 Å². The molecule has 0 bridgehead atoms. The lowest BCUT2D eigenvalue weighted by Crippen LogP contribution is -2.14. The van der Waals surface area contributed by atoms with Crippen molar-refractivity contribution in [3.05, 3.63) is 65.7 Å². The third kappa shape index (κ3) is 3.20. The SMILES string of the molecule is CC(C)(C)c1ccc(C(C#N)S(=O)(=O)c2ccccc2)cc1. The average Bonchev–Trinajstić information content (AvgIpc) is 2.48. The Morgan fingerprint density at radius 1 is 0.955 bits per heavy atom. The fourth-order valence-electron chi connectivity index (χ4n) is 2.23. The molecule has 0 N–H and O–H groups in total. The van der Waals surface area contributed by atoms with E-state index < -0.39 is 15.1 Å². The lowest BCUT2D eigenvalue weighted by molar-refractivity contribution is 0.588. The van der Waals surface area contributed by atoms with E-state index in [2.05, 4.69) is 20.8 Å². The predicted octanol–water partition coefficient (Wildman–Crippen LogP) is 4.02. The largest absolute Gasteiger partial charge is 0.222 e. The molecule has 4 heteroatoms. The number of nitrogens with zero attached hydrogens (tertiary/aromatic N) is 1. The fraction of sp³-hybridized carbons (Fsp3) is 0.278. The zero-order chi connectivity index (χ0) is 16.4. The zero-order valence-electron chi connectivity index (χ0n) is 12.9. The molecular weight excluding hydrogens is 294 g/mol. The van der Waals surface area contributed by atoms with Gasteiger partial charge in [-0.15, -0.1) is 0 Å².